The summed E-state index contributed by atoms with van der Waals surface area (Å²) in [5.74, 6) is -0.0110. The molecule has 0 spiro atoms. The Bertz CT molecular complexity index is 259. The first-order valence-electron chi connectivity index (χ1n) is 5.87. The van der Waals surface area contributed by atoms with Gasteiger partial charge in [-0.15, -0.1) is 12.6 Å². The van der Waals surface area contributed by atoms with Gasteiger partial charge in [0.2, 0.25) is 11.0 Å². The zero-order valence-electron chi connectivity index (χ0n) is 10.5. The first-order valence-corrected chi connectivity index (χ1v) is 6.32. The summed E-state index contributed by atoms with van der Waals surface area (Å²) in [6.45, 7) is 4.45. The molecule has 17 heavy (non-hydrogen) atoms. The lowest BCUT2D eigenvalue weighted by molar-refractivity contribution is -0.126. The smallest absolute Gasteiger partial charge is 0.237 e. The fraction of sp³-hybridized carbons (Fsp3) is 0.818. The Labute approximate surface area is 108 Å². The van der Waals surface area contributed by atoms with Gasteiger partial charge in [0.15, 0.2) is 0 Å². The molecule has 0 saturated carbocycles. The van der Waals surface area contributed by atoms with Crippen molar-refractivity contribution in [2.45, 2.75) is 45.2 Å². The van der Waals surface area contributed by atoms with E-state index in [0.717, 1.165) is 0 Å². The molecule has 0 radical (unpaired) electrons. The van der Waals surface area contributed by atoms with Crippen molar-refractivity contribution >= 4 is 23.7 Å². The van der Waals surface area contributed by atoms with E-state index in [4.69, 9.17) is 11.5 Å². The van der Waals surface area contributed by atoms with Crippen LogP contribution in [0, 0.1) is 5.92 Å². The molecule has 0 saturated heterocycles. The lowest BCUT2D eigenvalue weighted by Crippen LogP contribution is -2.48. The minimum absolute atomic E-state index is 0.302. The second-order valence-corrected chi connectivity index (χ2v) is 5.01. The molecule has 5 nitrogen and oxygen atoms in total. The number of rotatable bonds is 8. The van der Waals surface area contributed by atoms with Crippen LogP contribution in [0.25, 0.3) is 0 Å². The molecule has 0 aromatic rings. The van der Waals surface area contributed by atoms with Crippen molar-refractivity contribution in [3.63, 3.8) is 0 Å². The van der Waals surface area contributed by atoms with Gasteiger partial charge in [-0.05, 0) is 31.7 Å². The summed E-state index contributed by atoms with van der Waals surface area (Å²) in [6.07, 6.45) is 1.79. The molecule has 1 amide bonds. The summed E-state index contributed by atoms with van der Waals surface area (Å²) in [5.41, 5.74) is 11.0. The van der Waals surface area contributed by atoms with E-state index < -0.39 is 12.1 Å². The molecule has 0 fully saturated rings. The number of nitrogens with one attached hydrogen (secondary N) is 1. The van der Waals surface area contributed by atoms with Crippen LogP contribution in [-0.4, -0.2) is 29.7 Å². The zero-order chi connectivity index (χ0) is 13.4. The number of nitrogens with two attached hydrogens (primary N) is 2. The highest BCUT2D eigenvalue weighted by Gasteiger charge is 2.22. The van der Waals surface area contributed by atoms with Gasteiger partial charge < -0.3 is 16.8 Å². The highest BCUT2D eigenvalue weighted by Crippen LogP contribution is 2.08. The Morgan fingerprint density at radius 2 is 1.94 bits per heavy atom. The fourth-order valence-corrected chi connectivity index (χ4v) is 1.61. The number of carbonyl (C=O) groups is 2. The SMILES string of the molecule is CC(C)C[C@@H](NC(=O)[C@H](N)CCCN)C(=O)S. The molecule has 0 bridgehead atoms. The second-order valence-electron chi connectivity index (χ2n) is 4.57. The van der Waals surface area contributed by atoms with Crippen LogP contribution < -0.4 is 16.8 Å². The predicted molar refractivity (Wildman–Crippen MR) is 71.6 cm³/mol. The molecule has 0 aromatic carbocycles. The molecule has 0 rings (SSSR count). The molecule has 6 heteroatoms. The molecular formula is C11H23N3O2S. The van der Waals surface area contributed by atoms with Gasteiger partial charge in [-0.2, -0.15) is 0 Å². The molecule has 0 aliphatic carbocycles. The summed E-state index contributed by atoms with van der Waals surface area (Å²) in [4.78, 5) is 22.9. The van der Waals surface area contributed by atoms with E-state index >= 15 is 0 Å². The van der Waals surface area contributed by atoms with Crippen LogP contribution in [0.1, 0.15) is 33.1 Å². The first-order chi connectivity index (χ1) is 7.88. The summed E-state index contributed by atoms with van der Waals surface area (Å²) in [5, 5.41) is 2.29. The maximum absolute atomic E-state index is 11.7. The van der Waals surface area contributed by atoms with Crippen molar-refractivity contribution < 1.29 is 9.59 Å². The molecule has 2 atom stereocenters. The first kappa shape index (κ1) is 16.4. The van der Waals surface area contributed by atoms with Crippen molar-refractivity contribution in [1.82, 2.24) is 5.32 Å². The van der Waals surface area contributed by atoms with Gasteiger partial charge in [0.25, 0.3) is 0 Å². The van der Waals surface area contributed by atoms with E-state index in [1.165, 1.54) is 0 Å². The Balaban J connectivity index is 4.25. The zero-order valence-corrected chi connectivity index (χ0v) is 11.4. The van der Waals surface area contributed by atoms with Crippen molar-refractivity contribution in [2.75, 3.05) is 6.54 Å². The number of amides is 1. The van der Waals surface area contributed by atoms with Crippen LogP contribution in [0.2, 0.25) is 0 Å². The van der Waals surface area contributed by atoms with Gasteiger partial charge >= 0.3 is 0 Å². The van der Waals surface area contributed by atoms with Crippen LogP contribution in [0.15, 0.2) is 0 Å². The van der Waals surface area contributed by atoms with Crippen molar-refractivity contribution in [3.05, 3.63) is 0 Å². The standard InChI is InChI=1S/C11H23N3O2S/c1-7(2)6-9(11(16)17)14-10(15)8(13)4-3-5-12/h7-9H,3-6,12-13H2,1-2H3,(H,14,15)(H,16,17)/t8-,9-/m1/s1. The predicted octanol–water partition coefficient (Wildman–Crippen LogP) is 0.0399. The van der Waals surface area contributed by atoms with Gasteiger partial charge in [0, 0.05) is 0 Å². The third-order valence-electron chi connectivity index (χ3n) is 2.38. The van der Waals surface area contributed by atoms with E-state index in [1.54, 1.807) is 0 Å². The lowest BCUT2D eigenvalue weighted by atomic mass is 10.0. The van der Waals surface area contributed by atoms with Crippen LogP contribution in [0.4, 0.5) is 0 Å². The van der Waals surface area contributed by atoms with E-state index in [9.17, 15) is 9.59 Å². The molecular weight excluding hydrogens is 238 g/mol. The topological polar surface area (TPSA) is 98.2 Å². The van der Waals surface area contributed by atoms with Crippen molar-refractivity contribution in [2.24, 2.45) is 17.4 Å². The second kappa shape index (κ2) is 8.49. The van der Waals surface area contributed by atoms with Crippen LogP contribution in [0.3, 0.4) is 0 Å². The lowest BCUT2D eigenvalue weighted by Gasteiger charge is -2.19. The van der Waals surface area contributed by atoms with Crippen molar-refractivity contribution in [3.8, 4) is 0 Å². The largest absolute Gasteiger partial charge is 0.344 e. The fourth-order valence-electron chi connectivity index (χ4n) is 1.44. The summed E-state index contributed by atoms with van der Waals surface area (Å²) in [7, 11) is 0. The van der Waals surface area contributed by atoms with Crippen LogP contribution in [0.5, 0.6) is 0 Å². The molecule has 100 valence electrons. The van der Waals surface area contributed by atoms with E-state index in [0.29, 0.717) is 31.7 Å². The van der Waals surface area contributed by atoms with Crippen molar-refractivity contribution in [1.29, 1.82) is 0 Å². The maximum Gasteiger partial charge on any atom is 0.237 e. The Morgan fingerprint density at radius 3 is 2.35 bits per heavy atom. The minimum Gasteiger partial charge on any atom is -0.344 e. The molecule has 0 aromatic heterocycles. The third-order valence-corrected chi connectivity index (χ3v) is 2.69. The van der Waals surface area contributed by atoms with Gasteiger partial charge in [-0.25, -0.2) is 0 Å². The Hall–Kier alpha value is -0.590. The normalized spacial score (nSPS) is 14.5. The molecule has 0 unspecified atom stereocenters. The maximum atomic E-state index is 11.7. The average molecular weight is 261 g/mol. The monoisotopic (exact) mass is 261 g/mol. The van der Waals surface area contributed by atoms with Crippen LogP contribution in [-0.2, 0) is 9.59 Å². The highest BCUT2D eigenvalue weighted by molar-refractivity contribution is 7.96. The van der Waals surface area contributed by atoms with Gasteiger partial charge in [-0.1, -0.05) is 13.8 Å². The minimum atomic E-state index is -0.610. The quantitative estimate of drug-likeness (QED) is 0.464. The summed E-state index contributed by atoms with van der Waals surface area (Å²) in [6, 6.07) is -1.17. The molecule has 5 N–H and O–H groups in total. The third kappa shape index (κ3) is 7.36. The Morgan fingerprint density at radius 1 is 1.35 bits per heavy atom. The number of carbonyl (C=O) groups excluding carboxylic acids is 2. The van der Waals surface area contributed by atoms with Gasteiger partial charge in [0.05, 0.1) is 12.1 Å². The number of thiol groups is 1. The Kier molecular flexibility index (Phi) is 8.20. The molecule has 0 aliphatic rings. The molecule has 0 heterocycles. The summed E-state index contributed by atoms with van der Waals surface area (Å²) < 4.78 is 0. The number of hydrogen-bond acceptors (Lipinski definition) is 4. The van der Waals surface area contributed by atoms with Gasteiger partial charge in [0.1, 0.15) is 0 Å². The summed E-state index contributed by atoms with van der Waals surface area (Å²) >= 11 is 3.77. The average Bonchev–Trinajstić information content (AvgIpc) is 2.23. The molecule has 0 aliphatic heterocycles. The van der Waals surface area contributed by atoms with E-state index in [2.05, 4.69) is 17.9 Å². The van der Waals surface area contributed by atoms with E-state index in [1.807, 2.05) is 13.8 Å². The number of hydrogen-bond donors (Lipinski definition) is 4. The van der Waals surface area contributed by atoms with Gasteiger partial charge in [-0.3, -0.25) is 9.59 Å². The highest BCUT2D eigenvalue weighted by atomic mass is 32.1. The van der Waals surface area contributed by atoms with Crippen LogP contribution >= 0.6 is 12.6 Å². The van der Waals surface area contributed by atoms with E-state index in [-0.39, 0.29) is 11.0 Å².